The molecule has 1 N–H and O–H groups in total. The zero-order valence-corrected chi connectivity index (χ0v) is 11.3. The highest BCUT2D eigenvalue weighted by atomic mass is 35.5. The van der Waals surface area contributed by atoms with Gasteiger partial charge in [-0.25, -0.2) is 4.79 Å². The molecule has 1 aliphatic heterocycles. The van der Waals surface area contributed by atoms with Gasteiger partial charge in [0, 0.05) is 11.6 Å². The summed E-state index contributed by atoms with van der Waals surface area (Å²) in [5, 5.41) is 9.85. The van der Waals surface area contributed by atoms with Gasteiger partial charge in [0.2, 0.25) is 0 Å². The molecule has 1 amide bonds. The predicted molar refractivity (Wildman–Crippen MR) is 70.5 cm³/mol. The Morgan fingerprint density at radius 2 is 2.42 bits per heavy atom. The number of ether oxygens (including phenoxy) is 2. The SMILES string of the molecule is C[C@H](O)CN1C[C@H](COc2cccc(Cl)c2)OC1=O. The molecule has 0 saturated carbocycles. The molecule has 0 bridgehead atoms. The molecule has 6 heteroatoms. The van der Waals surface area contributed by atoms with Crippen molar-refractivity contribution in [1.29, 1.82) is 0 Å². The zero-order chi connectivity index (χ0) is 13.8. The van der Waals surface area contributed by atoms with Crippen molar-refractivity contribution < 1.29 is 19.4 Å². The van der Waals surface area contributed by atoms with Crippen LogP contribution >= 0.6 is 11.6 Å². The van der Waals surface area contributed by atoms with E-state index in [1.165, 1.54) is 4.90 Å². The number of benzene rings is 1. The molecule has 5 nitrogen and oxygen atoms in total. The lowest BCUT2D eigenvalue weighted by Gasteiger charge is -2.14. The fourth-order valence-corrected chi connectivity index (χ4v) is 2.06. The third-order valence-corrected chi connectivity index (χ3v) is 2.90. The predicted octanol–water partition coefficient (Wildman–Crippen LogP) is 1.92. The normalized spacial score (nSPS) is 20.3. The fraction of sp³-hybridized carbons (Fsp3) is 0.462. The van der Waals surface area contributed by atoms with Crippen LogP contribution in [0.15, 0.2) is 24.3 Å². The van der Waals surface area contributed by atoms with Crippen molar-refractivity contribution in [2.45, 2.75) is 19.1 Å². The Morgan fingerprint density at radius 3 is 3.11 bits per heavy atom. The summed E-state index contributed by atoms with van der Waals surface area (Å²) in [6, 6.07) is 7.04. The zero-order valence-electron chi connectivity index (χ0n) is 10.6. The minimum absolute atomic E-state index is 0.266. The molecule has 1 aliphatic rings. The van der Waals surface area contributed by atoms with Crippen molar-refractivity contribution in [3.8, 4) is 5.75 Å². The van der Waals surface area contributed by atoms with Crippen LogP contribution in [0, 0.1) is 0 Å². The van der Waals surface area contributed by atoms with Gasteiger partial charge in [-0.05, 0) is 25.1 Å². The van der Waals surface area contributed by atoms with Crippen molar-refractivity contribution in [2.75, 3.05) is 19.7 Å². The summed E-state index contributed by atoms with van der Waals surface area (Å²) >= 11 is 5.84. The first-order valence-electron chi connectivity index (χ1n) is 6.06. The minimum atomic E-state index is -0.569. The second-order valence-electron chi connectivity index (χ2n) is 4.53. The molecule has 1 fully saturated rings. The average molecular weight is 286 g/mol. The topological polar surface area (TPSA) is 59.0 Å². The summed E-state index contributed by atoms with van der Waals surface area (Å²) in [6.07, 6.45) is -1.31. The van der Waals surface area contributed by atoms with E-state index in [-0.39, 0.29) is 19.3 Å². The van der Waals surface area contributed by atoms with Gasteiger partial charge in [-0.2, -0.15) is 0 Å². The largest absolute Gasteiger partial charge is 0.490 e. The van der Waals surface area contributed by atoms with E-state index in [1.807, 2.05) is 0 Å². The molecule has 1 aromatic carbocycles. The van der Waals surface area contributed by atoms with E-state index < -0.39 is 12.2 Å². The van der Waals surface area contributed by atoms with Gasteiger partial charge in [0.1, 0.15) is 12.4 Å². The van der Waals surface area contributed by atoms with Crippen molar-refractivity contribution in [3.05, 3.63) is 29.3 Å². The molecule has 1 heterocycles. The van der Waals surface area contributed by atoms with Crippen molar-refractivity contribution in [1.82, 2.24) is 4.90 Å². The van der Waals surface area contributed by atoms with E-state index >= 15 is 0 Å². The quantitative estimate of drug-likeness (QED) is 0.898. The number of rotatable bonds is 5. The van der Waals surface area contributed by atoms with Crippen LogP contribution in [-0.4, -0.2) is 48.0 Å². The molecule has 2 rings (SSSR count). The molecule has 2 atom stereocenters. The van der Waals surface area contributed by atoms with E-state index in [0.29, 0.717) is 17.3 Å². The Balaban J connectivity index is 1.83. The Hall–Kier alpha value is -1.46. The second kappa shape index (κ2) is 6.12. The van der Waals surface area contributed by atoms with Gasteiger partial charge in [-0.15, -0.1) is 0 Å². The number of aliphatic hydroxyl groups excluding tert-OH is 1. The molecule has 0 aromatic heterocycles. The lowest BCUT2D eigenvalue weighted by Crippen LogP contribution is -2.32. The van der Waals surface area contributed by atoms with Crippen LogP contribution in [0.2, 0.25) is 5.02 Å². The summed E-state index contributed by atoms with van der Waals surface area (Å²) in [7, 11) is 0. The molecule has 1 saturated heterocycles. The highest BCUT2D eigenvalue weighted by Gasteiger charge is 2.32. The Kier molecular flexibility index (Phi) is 4.50. The second-order valence-corrected chi connectivity index (χ2v) is 4.96. The molecular weight excluding hydrogens is 270 g/mol. The first kappa shape index (κ1) is 14.0. The lowest BCUT2D eigenvalue weighted by molar-refractivity contribution is 0.0998. The number of β-amino-alcohol motifs (C(OH)–C–C–N with tert-alkyl or cyclic N) is 1. The van der Waals surface area contributed by atoms with Gasteiger partial charge in [0.05, 0.1) is 12.6 Å². The number of hydrogen-bond donors (Lipinski definition) is 1. The van der Waals surface area contributed by atoms with Crippen LogP contribution in [0.4, 0.5) is 4.79 Å². The van der Waals surface area contributed by atoms with Crippen LogP contribution in [0.1, 0.15) is 6.92 Å². The molecule has 0 radical (unpaired) electrons. The number of carbonyl (C=O) groups is 1. The summed E-state index contributed by atoms with van der Waals surface area (Å²) in [6.45, 7) is 2.59. The highest BCUT2D eigenvalue weighted by molar-refractivity contribution is 6.30. The number of halogens is 1. The molecule has 0 aliphatic carbocycles. The fourth-order valence-electron chi connectivity index (χ4n) is 1.88. The maximum Gasteiger partial charge on any atom is 0.410 e. The van der Waals surface area contributed by atoms with Gasteiger partial charge in [0.15, 0.2) is 6.10 Å². The lowest BCUT2D eigenvalue weighted by atomic mass is 10.3. The standard InChI is InChI=1S/C13H16ClNO4/c1-9(16)6-15-7-12(19-13(15)17)8-18-11-4-2-3-10(14)5-11/h2-5,9,12,16H,6-8H2,1H3/t9-,12+/m0/s1. The molecule has 0 spiro atoms. The number of carbonyl (C=O) groups excluding carboxylic acids is 1. The van der Waals surface area contributed by atoms with Crippen molar-refractivity contribution in [2.24, 2.45) is 0 Å². The monoisotopic (exact) mass is 285 g/mol. The van der Waals surface area contributed by atoms with Crippen LogP contribution in [0.25, 0.3) is 0 Å². The third kappa shape index (κ3) is 4.01. The molecule has 0 unspecified atom stereocenters. The van der Waals surface area contributed by atoms with Gasteiger partial charge in [0.25, 0.3) is 0 Å². The minimum Gasteiger partial charge on any atom is -0.490 e. The van der Waals surface area contributed by atoms with Crippen molar-refractivity contribution >= 4 is 17.7 Å². The first-order chi connectivity index (χ1) is 9.04. The number of aliphatic hydroxyl groups is 1. The summed E-state index contributed by atoms with van der Waals surface area (Å²) in [5.41, 5.74) is 0. The molecule has 104 valence electrons. The third-order valence-electron chi connectivity index (χ3n) is 2.67. The van der Waals surface area contributed by atoms with Crippen LogP contribution in [-0.2, 0) is 4.74 Å². The smallest absolute Gasteiger partial charge is 0.410 e. The van der Waals surface area contributed by atoms with E-state index in [4.69, 9.17) is 21.1 Å². The highest BCUT2D eigenvalue weighted by Crippen LogP contribution is 2.19. The van der Waals surface area contributed by atoms with Gasteiger partial charge >= 0.3 is 6.09 Å². The van der Waals surface area contributed by atoms with E-state index in [2.05, 4.69) is 0 Å². The van der Waals surface area contributed by atoms with E-state index in [1.54, 1.807) is 31.2 Å². The van der Waals surface area contributed by atoms with Crippen LogP contribution in [0.5, 0.6) is 5.75 Å². The molecular formula is C13H16ClNO4. The number of amides is 1. The van der Waals surface area contributed by atoms with Gasteiger partial charge in [-0.3, -0.25) is 0 Å². The maximum atomic E-state index is 11.5. The Bertz CT molecular complexity index is 452. The van der Waals surface area contributed by atoms with E-state index in [9.17, 15) is 9.90 Å². The van der Waals surface area contributed by atoms with Gasteiger partial charge < -0.3 is 19.5 Å². The van der Waals surface area contributed by atoms with Gasteiger partial charge in [-0.1, -0.05) is 17.7 Å². The first-order valence-corrected chi connectivity index (χ1v) is 6.44. The maximum absolute atomic E-state index is 11.5. The molecule has 19 heavy (non-hydrogen) atoms. The number of nitrogens with zero attached hydrogens (tertiary/aromatic N) is 1. The van der Waals surface area contributed by atoms with Crippen LogP contribution < -0.4 is 4.74 Å². The number of hydrogen-bond acceptors (Lipinski definition) is 4. The van der Waals surface area contributed by atoms with Crippen LogP contribution in [0.3, 0.4) is 0 Å². The summed E-state index contributed by atoms with van der Waals surface area (Å²) in [5.74, 6) is 0.637. The summed E-state index contributed by atoms with van der Waals surface area (Å²) < 4.78 is 10.7. The Labute approximate surface area is 116 Å². The van der Waals surface area contributed by atoms with E-state index in [0.717, 1.165) is 0 Å². The van der Waals surface area contributed by atoms with Crippen molar-refractivity contribution in [3.63, 3.8) is 0 Å². The number of cyclic esters (lactones) is 1. The molecule has 1 aromatic rings. The average Bonchev–Trinajstić information content (AvgIpc) is 2.67. The summed E-state index contributed by atoms with van der Waals surface area (Å²) in [4.78, 5) is 13.0. The Morgan fingerprint density at radius 1 is 1.63 bits per heavy atom.